The highest BCUT2D eigenvalue weighted by Crippen LogP contribution is 2.38. The summed E-state index contributed by atoms with van der Waals surface area (Å²) in [5.74, 6) is -2.30. The monoisotopic (exact) mass is 603 g/mol. The van der Waals surface area contributed by atoms with E-state index in [0.717, 1.165) is 6.07 Å². The number of thioether (sulfide) groups is 1. The van der Waals surface area contributed by atoms with Gasteiger partial charge in [0, 0.05) is 37.3 Å². The molecular formula is C30H27F2N7O3S. The Morgan fingerprint density at radius 2 is 1.86 bits per heavy atom. The van der Waals surface area contributed by atoms with E-state index in [9.17, 15) is 14.4 Å². The van der Waals surface area contributed by atoms with Crippen LogP contribution in [0.5, 0.6) is 0 Å². The summed E-state index contributed by atoms with van der Waals surface area (Å²) in [6.45, 7) is 8.75. The van der Waals surface area contributed by atoms with Crippen LogP contribution in [0.25, 0.3) is 28.0 Å². The van der Waals surface area contributed by atoms with E-state index in [1.54, 1.807) is 17.2 Å². The lowest BCUT2D eigenvalue weighted by atomic mass is 10.1. The van der Waals surface area contributed by atoms with Crippen molar-refractivity contribution in [2.45, 2.75) is 24.7 Å². The molecule has 0 saturated carbocycles. The number of rotatable bonds is 3. The molecule has 0 spiro atoms. The molecule has 2 amide bonds. The number of fused-ring (bicyclic) bond motifs is 5. The third kappa shape index (κ3) is 5.03. The van der Waals surface area contributed by atoms with E-state index in [1.165, 1.54) is 40.6 Å². The summed E-state index contributed by atoms with van der Waals surface area (Å²) in [6, 6.07) is 6.94. The first-order valence-corrected chi connectivity index (χ1v) is 14.7. The molecule has 220 valence electrons. The van der Waals surface area contributed by atoms with Crippen molar-refractivity contribution in [1.29, 1.82) is 0 Å². The van der Waals surface area contributed by atoms with Gasteiger partial charge in [-0.05, 0) is 36.3 Å². The van der Waals surface area contributed by atoms with Crippen molar-refractivity contribution >= 4 is 46.1 Å². The molecule has 1 N–H and O–H groups in total. The Hall–Kier alpha value is -4.65. The predicted octanol–water partition coefficient (Wildman–Crippen LogP) is 4.12. The third-order valence-corrected chi connectivity index (χ3v) is 8.48. The summed E-state index contributed by atoms with van der Waals surface area (Å²) >= 11 is 1.19. The molecule has 13 heteroatoms. The van der Waals surface area contributed by atoms with Crippen LogP contribution in [0.4, 0.5) is 20.3 Å². The van der Waals surface area contributed by atoms with Crippen molar-refractivity contribution in [3.63, 3.8) is 0 Å². The Labute approximate surface area is 249 Å². The normalized spacial score (nSPS) is 15.0. The van der Waals surface area contributed by atoms with Gasteiger partial charge in [0.2, 0.25) is 11.8 Å². The minimum absolute atomic E-state index is 0.0564. The molecule has 1 saturated heterocycles. The van der Waals surface area contributed by atoms with Crippen molar-refractivity contribution in [3.05, 3.63) is 77.0 Å². The van der Waals surface area contributed by atoms with Crippen LogP contribution in [0, 0.1) is 11.6 Å². The summed E-state index contributed by atoms with van der Waals surface area (Å²) in [4.78, 5) is 56.7. The highest BCUT2D eigenvalue weighted by molar-refractivity contribution is 8.00. The second-order valence-corrected chi connectivity index (χ2v) is 11.5. The maximum Gasteiger partial charge on any atom is 0.355 e. The molecule has 1 fully saturated rings. The van der Waals surface area contributed by atoms with Gasteiger partial charge in [-0.2, -0.15) is 4.98 Å². The number of carbonyl (C=O) groups excluding carboxylic acids is 2. The first-order valence-electron chi connectivity index (χ1n) is 13.7. The molecule has 5 heterocycles. The lowest BCUT2D eigenvalue weighted by Crippen LogP contribution is -2.49. The van der Waals surface area contributed by atoms with E-state index in [2.05, 4.69) is 26.8 Å². The predicted molar refractivity (Wildman–Crippen MR) is 161 cm³/mol. The maximum absolute atomic E-state index is 16.0. The first-order chi connectivity index (χ1) is 20.7. The molecule has 1 aromatic carbocycles. The highest BCUT2D eigenvalue weighted by atomic mass is 32.2. The lowest BCUT2D eigenvalue weighted by molar-refractivity contribution is -0.126. The van der Waals surface area contributed by atoms with E-state index < -0.39 is 23.2 Å². The van der Waals surface area contributed by atoms with Gasteiger partial charge in [-0.15, -0.1) is 11.8 Å². The molecule has 2 aliphatic rings. The quantitative estimate of drug-likeness (QED) is 0.348. The van der Waals surface area contributed by atoms with Gasteiger partial charge in [0.15, 0.2) is 11.5 Å². The number of hydrogen-bond donors (Lipinski definition) is 1. The number of halogens is 2. The molecule has 6 rings (SSSR count). The fraction of sp³-hybridized carbons (Fsp3) is 0.267. The van der Waals surface area contributed by atoms with Gasteiger partial charge in [0.05, 0.1) is 33.8 Å². The summed E-state index contributed by atoms with van der Waals surface area (Å²) in [5.41, 5.74) is -0.233. The van der Waals surface area contributed by atoms with Crippen LogP contribution in [0.2, 0.25) is 0 Å². The molecule has 43 heavy (non-hydrogen) atoms. The fourth-order valence-corrected chi connectivity index (χ4v) is 6.25. The summed E-state index contributed by atoms with van der Waals surface area (Å²) in [7, 11) is 0. The Balaban J connectivity index is 1.68. The minimum Gasteiger partial charge on any atom is -0.352 e. The second-order valence-electron chi connectivity index (χ2n) is 10.5. The Morgan fingerprint density at radius 1 is 1.09 bits per heavy atom. The van der Waals surface area contributed by atoms with Crippen LogP contribution in [0.15, 0.2) is 58.9 Å². The van der Waals surface area contributed by atoms with Crippen LogP contribution in [-0.4, -0.2) is 68.2 Å². The van der Waals surface area contributed by atoms with E-state index in [1.807, 2.05) is 18.7 Å². The fourth-order valence-electron chi connectivity index (χ4n) is 5.41. The van der Waals surface area contributed by atoms with Gasteiger partial charge < -0.3 is 15.1 Å². The SMILES string of the molecule is C=CC(=O)N1CCN(c2nc(=O)n3c4nc(c(F)cc24)-c2c(F)cccc2NC(=O)CSc2ccnc(C(C)C)c2-3)CC1. The van der Waals surface area contributed by atoms with Crippen molar-refractivity contribution < 1.29 is 18.4 Å². The van der Waals surface area contributed by atoms with Crippen LogP contribution < -0.4 is 15.9 Å². The number of nitrogens with one attached hydrogen (secondary N) is 1. The molecular weight excluding hydrogens is 576 g/mol. The van der Waals surface area contributed by atoms with Gasteiger partial charge >= 0.3 is 5.69 Å². The van der Waals surface area contributed by atoms with Crippen molar-refractivity contribution in [3.8, 4) is 16.9 Å². The number of aromatic nitrogens is 4. The van der Waals surface area contributed by atoms with E-state index in [4.69, 9.17) is 0 Å². The Morgan fingerprint density at radius 3 is 2.58 bits per heavy atom. The number of nitrogens with zero attached hydrogens (tertiary/aromatic N) is 6. The van der Waals surface area contributed by atoms with E-state index in [0.29, 0.717) is 42.5 Å². The molecule has 0 unspecified atom stereocenters. The smallest absolute Gasteiger partial charge is 0.352 e. The average Bonchev–Trinajstić information content (AvgIpc) is 2.99. The Bertz CT molecular complexity index is 1870. The molecule has 4 aromatic rings. The topological polar surface area (TPSA) is 113 Å². The number of amides is 2. The zero-order valence-corrected chi connectivity index (χ0v) is 24.3. The average molecular weight is 604 g/mol. The van der Waals surface area contributed by atoms with Gasteiger partial charge in [0.25, 0.3) is 0 Å². The molecule has 2 bridgehead atoms. The van der Waals surface area contributed by atoms with Crippen molar-refractivity contribution in [2.24, 2.45) is 0 Å². The standard InChI is InChI=1S/C30H27F2N7O3S/c1-4-23(41)37-10-12-38(13-11-37)28-17-14-19(32)26-24-18(31)6-5-7-20(24)34-22(40)15-43-21-8-9-33-25(16(2)3)27(21)39(29(17)35-26)30(42)36-28/h4-9,14,16H,1,10-13,15H2,2-3H3,(H,34,40). The van der Waals surface area contributed by atoms with Gasteiger partial charge in [0.1, 0.15) is 17.3 Å². The van der Waals surface area contributed by atoms with Crippen LogP contribution >= 0.6 is 11.8 Å². The molecule has 2 aliphatic heterocycles. The van der Waals surface area contributed by atoms with E-state index >= 15 is 8.78 Å². The van der Waals surface area contributed by atoms with E-state index in [-0.39, 0.29) is 51.4 Å². The molecule has 10 nitrogen and oxygen atoms in total. The molecule has 0 atom stereocenters. The van der Waals surface area contributed by atoms with Crippen LogP contribution in [0.1, 0.15) is 25.5 Å². The molecule has 0 aliphatic carbocycles. The largest absolute Gasteiger partial charge is 0.355 e. The van der Waals surface area contributed by atoms with Crippen molar-refractivity contribution in [1.82, 2.24) is 24.4 Å². The third-order valence-electron chi connectivity index (χ3n) is 7.44. The van der Waals surface area contributed by atoms with Crippen molar-refractivity contribution in [2.75, 3.05) is 42.1 Å². The number of hydrogen-bond acceptors (Lipinski definition) is 8. The highest BCUT2D eigenvalue weighted by Gasteiger charge is 2.29. The molecule has 3 aromatic heterocycles. The van der Waals surface area contributed by atoms with Gasteiger partial charge in [-0.1, -0.05) is 26.5 Å². The Kier molecular flexibility index (Phi) is 7.42. The lowest BCUT2D eigenvalue weighted by Gasteiger charge is -2.35. The molecule has 0 radical (unpaired) electrons. The summed E-state index contributed by atoms with van der Waals surface area (Å²) < 4.78 is 32.7. The summed E-state index contributed by atoms with van der Waals surface area (Å²) in [5, 5.41) is 2.93. The second kappa shape index (κ2) is 11.2. The zero-order chi connectivity index (χ0) is 30.4. The first kappa shape index (κ1) is 28.5. The van der Waals surface area contributed by atoms with Crippen LogP contribution in [0.3, 0.4) is 0 Å². The van der Waals surface area contributed by atoms with Gasteiger partial charge in [-0.25, -0.2) is 23.1 Å². The number of piperazine rings is 1. The van der Waals surface area contributed by atoms with Crippen LogP contribution in [-0.2, 0) is 9.59 Å². The number of pyridine rings is 2. The number of benzene rings is 1. The summed E-state index contributed by atoms with van der Waals surface area (Å²) in [6.07, 6.45) is 2.85. The zero-order valence-electron chi connectivity index (χ0n) is 23.4. The number of anilines is 2. The minimum atomic E-state index is -0.858. The number of carbonyl (C=O) groups is 2. The maximum atomic E-state index is 16.0. The van der Waals surface area contributed by atoms with Gasteiger partial charge in [-0.3, -0.25) is 14.6 Å².